The summed E-state index contributed by atoms with van der Waals surface area (Å²) >= 11 is 1.47. The lowest BCUT2D eigenvalue weighted by atomic mass is 9.89. The van der Waals surface area contributed by atoms with E-state index in [2.05, 4.69) is 18.3 Å². The predicted octanol–water partition coefficient (Wildman–Crippen LogP) is 2.78. The van der Waals surface area contributed by atoms with Crippen LogP contribution in [0.5, 0.6) is 5.75 Å². The number of sulfonamides is 1. The molecule has 1 N–H and O–H groups in total. The Morgan fingerprint density at radius 2 is 2.03 bits per heavy atom. The Bertz CT molecular complexity index is 1130. The van der Waals surface area contributed by atoms with Gasteiger partial charge >= 0.3 is 0 Å². The van der Waals surface area contributed by atoms with Crippen LogP contribution in [0.3, 0.4) is 0 Å². The van der Waals surface area contributed by atoms with Gasteiger partial charge in [-0.1, -0.05) is 6.92 Å². The molecule has 2 aromatic rings. The van der Waals surface area contributed by atoms with E-state index < -0.39 is 10.0 Å². The number of hydrogen-bond donors (Lipinski definition) is 1. The monoisotopic (exact) mass is 475 g/mol. The van der Waals surface area contributed by atoms with Gasteiger partial charge in [-0.15, -0.1) is 11.3 Å². The van der Waals surface area contributed by atoms with Gasteiger partial charge in [0.05, 0.1) is 23.7 Å². The molecule has 4 rings (SSSR count). The second-order valence-corrected chi connectivity index (χ2v) is 11.0. The Labute approximate surface area is 191 Å². The number of carbonyl (C=O) groups is 1. The van der Waals surface area contributed by atoms with Gasteiger partial charge in [-0.25, -0.2) is 8.42 Å². The predicted molar refractivity (Wildman–Crippen MR) is 120 cm³/mol. The van der Waals surface area contributed by atoms with Crippen LogP contribution in [0, 0.1) is 17.2 Å². The number of rotatable bonds is 6. The third kappa shape index (κ3) is 4.81. The summed E-state index contributed by atoms with van der Waals surface area (Å²) in [6.45, 7) is 3.38. The maximum Gasteiger partial charge on any atom is 0.262 e. The number of nitriles is 1. The number of nitrogens with zero attached hydrogens (tertiary/aromatic N) is 2. The van der Waals surface area contributed by atoms with Gasteiger partial charge in [-0.2, -0.15) is 9.57 Å². The number of carbonyl (C=O) groups excluding carboxylic acids is 1. The molecule has 2 aliphatic rings. The van der Waals surface area contributed by atoms with Gasteiger partial charge in [0.15, 0.2) is 6.61 Å². The zero-order valence-electron chi connectivity index (χ0n) is 17.8. The number of thiophene rings is 1. The lowest BCUT2D eigenvalue weighted by Gasteiger charge is -2.26. The highest BCUT2D eigenvalue weighted by Crippen LogP contribution is 2.39. The molecule has 8 nitrogen and oxygen atoms in total. The van der Waals surface area contributed by atoms with Gasteiger partial charge in [0.25, 0.3) is 5.91 Å². The Morgan fingerprint density at radius 1 is 1.31 bits per heavy atom. The maximum atomic E-state index is 12.7. The smallest absolute Gasteiger partial charge is 0.262 e. The minimum absolute atomic E-state index is 0.174. The van der Waals surface area contributed by atoms with Crippen molar-refractivity contribution in [3.05, 3.63) is 40.3 Å². The average Bonchev–Trinajstić information content (AvgIpc) is 3.14. The molecule has 1 aromatic carbocycles. The summed E-state index contributed by atoms with van der Waals surface area (Å²) in [7, 11) is -3.57. The molecule has 1 amide bonds. The fraction of sp³-hybridized carbons (Fsp3) is 0.455. The van der Waals surface area contributed by atoms with E-state index in [-0.39, 0.29) is 17.4 Å². The third-order valence-electron chi connectivity index (χ3n) is 5.68. The summed E-state index contributed by atoms with van der Waals surface area (Å²) in [4.78, 5) is 13.8. The molecular weight excluding hydrogens is 450 g/mol. The zero-order chi connectivity index (χ0) is 22.7. The molecule has 2 heterocycles. The lowest BCUT2D eigenvalue weighted by molar-refractivity contribution is -0.118. The summed E-state index contributed by atoms with van der Waals surface area (Å²) in [6, 6.07) is 8.24. The van der Waals surface area contributed by atoms with Crippen LogP contribution in [0.15, 0.2) is 29.2 Å². The van der Waals surface area contributed by atoms with E-state index in [1.807, 2.05) is 0 Å². The molecule has 0 bridgehead atoms. The fourth-order valence-corrected chi connectivity index (χ4v) is 6.70. The molecule has 0 saturated carbocycles. The third-order valence-corrected chi connectivity index (χ3v) is 8.76. The van der Waals surface area contributed by atoms with E-state index in [4.69, 9.17) is 9.47 Å². The molecular formula is C22H25N3O5S2. The van der Waals surface area contributed by atoms with Crippen molar-refractivity contribution in [3.8, 4) is 11.8 Å². The van der Waals surface area contributed by atoms with Crippen molar-refractivity contribution in [1.29, 1.82) is 5.26 Å². The van der Waals surface area contributed by atoms with Gasteiger partial charge in [0.1, 0.15) is 16.8 Å². The summed E-state index contributed by atoms with van der Waals surface area (Å²) < 4.78 is 37.5. The molecule has 1 fully saturated rings. The number of amides is 1. The highest BCUT2D eigenvalue weighted by atomic mass is 32.2. The normalized spacial score (nSPS) is 19.1. The summed E-state index contributed by atoms with van der Waals surface area (Å²) in [5.74, 6) is 0.605. The minimum atomic E-state index is -3.57. The van der Waals surface area contributed by atoms with Crippen LogP contribution in [-0.2, 0) is 32.4 Å². The van der Waals surface area contributed by atoms with E-state index in [0.717, 1.165) is 24.8 Å². The Morgan fingerprint density at radius 3 is 2.72 bits per heavy atom. The van der Waals surface area contributed by atoms with Crippen molar-refractivity contribution in [2.24, 2.45) is 5.92 Å². The van der Waals surface area contributed by atoms with Crippen LogP contribution in [-0.4, -0.2) is 51.5 Å². The van der Waals surface area contributed by atoms with Gasteiger partial charge < -0.3 is 14.8 Å². The number of nitrogens with one attached hydrogen (secondary N) is 1. The van der Waals surface area contributed by atoms with Crippen LogP contribution in [0.25, 0.3) is 0 Å². The molecule has 1 aromatic heterocycles. The highest BCUT2D eigenvalue weighted by Gasteiger charge is 2.27. The van der Waals surface area contributed by atoms with Crippen molar-refractivity contribution >= 4 is 32.3 Å². The summed E-state index contributed by atoms with van der Waals surface area (Å²) in [5.41, 5.74) is 1.62. The van der Waals surface area contributed by atoms with Gasteiger partial charge in [0.2, 0.25) is 10.0 Å². The van der Waals surface area contributed by atoms with Gasteiger partial charge in [-0.05, 0) is 55.0 Å². The molecule has 170 valence electrons. The topological polar surface area (TPSA) is 109 Å². The lowest BCUT2D eigenvalue weighted by Crippen LogP contribution is -2.40. The van der Waals surface area contributed by atoms with Crippen molar-refractivity contribution in [2.45, 2.75) is 31.1 Å². The average molecular weight is 476 g/mol. The first-order valence-corrected chi connectivity index (χ1v) is 12.8. The molecule has 1 atom stereocenters. The van der Waals surface area contributed by atoms with E-state index in [9.17, 15) is 18.5 Å². The van der Waals surface area contributed by atoms with E-state index in [1.54, 1.807) is 0 Å². The van der Waals surface area contributed by atoms with Crippen molar-refractivity contribution in [1.82, 2.24) is 4.31 Å². The first-order chi connectivity index (χ1) is 15.4. The Kier molecular flexibility index (Phi) is 6.81. The first kappa shape index (κ1) is 22.7. The molecule has 0 radical (unpaired) electrons. The molecule has 32 heavy (non-hydrogen) atoms. The SMILES string of the molecule is C[C@@H]1CCc2c(sc(NC(=O)COc3ccc(S(=O)(=O)N4CCOCC4)cc3)c2C#N)C1. The minimum Gasteiger partial charge on any atom is -0.484 e. The highest BCUT2D eigenvalue weighted by molar-refractivity contribution is 7.89. The van der Waals surface area contributed by atoms with Crippen LogP contribution in [0.4, 0.5) is 5.00 Å². The van der Waals surface area contributed by atoms with Gasteiger partial charge in [0, 0.05) is 18.0 Å². The standard InChI is InChI=1S/C22H25N3O5S2/c1-15-2-7-18-19(13-23)22(31-20(18)12-15)24-21(26)14-30-16-3-5-17(6-4-16)32(27,28)25-8-10-29-11-9-25/h3-6,15H,2,7-12,14H2,1H3,(H,24,26)/t15-/m1/s1. The zero-order valence-corrected chi connectivity index (χ0v) is 19.4. The maximum absolute atomic E-state index is 12.7. The second-order valence-electron chi connectivity index (χ2n) is 7.99. The van der Waals surface area contributed by atoms with Crippen LogP contribution >= 0.6 is 11.3 Å². The molecule has 0 unspecified atom stereocenters. The Balaban J connectivity index is 1.36. The van der Waals surface area contributed by atoms with E-state index >= 15 is 0 Å². The summed E-state index contributed by atoms with van der Waals surface area (Å²) in [6.07, 6.45) is 2.84. The molecule has 1 saturated heterocycles. The molecule has 0 spiro atoms. The quantitative estimate of drug-likeness (QED) is 0.688. The van der Waals surface area contributed by atoms with Crippen molar-refractivity contribution in [3.63, 3.8) is 0 Å². The largest absolute Gasteiger partial charge is 0.484 e. The van der Waals surface area contributed by atoms with Crippen LogP contribution in [0.1, 0.15) is 29.3 Å². The first-order valence-electron chi connectivity index (χ1n) is 10.5. The number of hydrogen-bond acceptors (Lipinski definition) is 7. The Hall–Kier alpha value is -2.45. The number of benzene rings is 1. The van der Waals surface area contributed by atoms with Crippen LogP contribution in [0.2, 0.25) is 0 Å². The van der Waals surface area contributed by atoms with Crippen molar-refractivity contribution < 1.29 is 22.7 Å². The number of morpholine rings is 1. The van der Waals surface area contributed by atoms with Crippen LogP contribution < -0.4 is 10.1 Å². The fourth-order valence-electron chi connectivity index (χ4n) is 3.91. The van der Waals surface area contributed by atoms with Crippen molar-refractivity contribution in [2.75, 3.05) is 38.2 Å². The second kappa shape index (κ2) is 9.58. The number of anilines is 1. The van der Waals surface area contributed by atoms with E-state index in [1.165, 1.54) is 44.8 Å². The van der Waals surface area contributed by atoms with Gasteiger partial charge in [-0.3, -0.25) is 4.79 Å². The molecule has 1 aliphatic heterocycles. The molecule has 1 aliphatic carbocycles. The number of ether oxygens (including phenoxy) is 2. The molecule has 10 heteroatoms. The summed E-state index contributed by atoms with van der Waals surface area (Å²) in [5, 5.41) is 12.9. The van der Waals surface area contributed by atoms with E-state index in [0.29, 0.717) is 48.5 Å². The number of fused-ring (bicyclic) bond motifs is 1.